The number of carbonyl (C=O) groups excluding carboxylic acids is 1. The van der Waals surface area contributed by atoms with Crippen molar-refractivity contribution in [3.63, 3.8) is 0 Å². The Morgan fingerprint density at radius 3 is 2.34 bits per heavy atom. The molecule has 1 atom stereocenters. The van der Waals surface area contributed by atoms with Gasteiger partial charge in [0.2, 0.25) is 10.0 Å². The van der Waals surface area contributed by atoms with Crippen LogP contribution in [-0.4, -0.2) is 37.8 Å². The van der Waals surface area contributed by atoms with Crippen LogP contribution < -0.4 is 10.0 Å². The molecule has 32 heavy (non-hydrogen) atoms. The quantitative estimate of drug-likeness (QED) is 0.543. The van der Waals surface area contributed by atoms with Crippen LogP contribution in [0, 0.1) is 11.6 Å². The molecule has 1 heterocycles. The van der Waals surface area contributed by atoms with E-state index in [1.54, 1.807) is 0 Å². The van der Waals surface area contributed by atoms with Gasteiger partial charge >= 0.3 is 6.18 Å². The van der Waals surface area contributed by atoms with E-state index >= 15 is 0 Å². The molecule has 0 aliphatic carbocycles. The van der Waals surface area contributed by atoms with Crippen molar-refractivity contribution >= 4 is 21.6 Å². The van der Waals surface area contributed by atoms with Gasteiger partial charge in [0.1, 0.15) is 29.1 Å². The second kappa shape index (κ2) is 9.44. The number of alkyl halides is 6. The number of benzene rings is 1. The van der Waals surface area contributed by atoms with E-state index in [0.717, 1.165) is 6.07 Å². The standard InChI is InChI=1S/C17H15F8N3O3S/c1-8(17(23,24)25)27-32(30,31)12-7-28(5-4-18)14(13(12)20)16(29)26-9-2-3-11(19)10(6-9)15(21)22/h2-3,6-8,15,27H,4-5H2,1H3,(H,26,29)/t8-/m1/s1. The molecule has 0 fully saturated rings. The van der Waals surface area contributed by atoms with Gasteiger partial charge < -0.3 is 9.88 Å². The number of halogens is 8. The van der Waals surface area contributed by atoms with Crippen LogP contribution in [0.25, 0.3) is 0 Å². The van der Waals surface area contributed by atoms with E-state index in [1.165, 1.54) is 4.72 Å². The summed E-state index contributed by atoms with van der Waals surface area (Å²) in [5.74, 6) is -4.52. The van der Waals surface area contributed by atoms with Crippen molar-refractivity contribution in [1.29, 1.82) is 0 Å². The van der Waals surface area contributed by atoms with Gasteiger partial charge in [-0.25, -0.2) is 30.4 Å². The van der Waals surface area contributed by atoms with Crippen molar-refractivity contribution in [2.24, 2.45) is 0 Å². The SMILES string of the molecule is C[C@@H](NS(=O)(=O)c1cn(CCF)c(C(=O)Nc2ccc(F)c(C(F)F)c2)c1F)C(F)(F)F. The van der Waals surface area contributed by atoms with Gasteiger partial charge in [0.05, 0.1) is 12.1 Å². The number of rotatable bonds is 8. The molecule has 0 aliphatic rings. The van der Waals surface area contributed by atoms with Crippen molar-refractivity contribution < 1.29 is 48.3 Å². The number of nitrogens with zero attached hydrogens (tertiary/aromatic N) is 1. The number of nitrogens with one attached hydrogen (secondary N) is 2. The molecule has 1 aromatic heterocycles. The van der Waals surface area contributed by atoms with Gasteiger partial charge in [0.15, 0.2) is 5.82 Å². The summed E-state index contributed by atoms with van der Waals surface area (Å²) >= 11 is 0. The maximum Gasteiger partial charge on any atom is 0.404 e. The number of anilines is 1. The van der Waals surface area contributed by atoms with Crippen LogP contribution in [0.3, 0.4) is 0 Å². The second-order valence-corrected chi connectivity index (χ2v) is 8.10. The third-order valence-corrected chi connectivity index (χ3v) is 5.65. The molecule has 15 heteroatoms. The molecule has 0 aliphatic heterocycles. The van der Waals surface area contributed by atoms with Crippen molar-refractivity contribution in [3.05, 3.63) is 47.3 Å². The molecule has 1 aromatic carbocycles. The minimum absolute atomic E-state index is 0.421. The van der Waals surface area contributed by atoms with Crippen molar-refractivity contribution in [1.82, 2.24) is 9.29 Å². The average molecular weight is 493 g/mol. The summed E-state index contributed by atoms with van der Waals surface area (Å²) in [7, 11) is -5.14. The van der Waals surface area contributed by atoms with Crippen molar-refractivity contribution in [2.45, 2.75) is 37.0 Å². The Balaban J connectivity index is 2.45. The van der Waals surface area contributed by atoms with Gasteiger partial charge in [0, 0.05) is 11.9 Å². The Hall–Kier alpha value is -2.68. The molecule has 6 nitrogen and oxygen atoms in total. The highest BCUT2D eigenvalue weighted by Crippen LogP contribution is 2.27. The van der Waals surface area contributed by atoms with Crippen LogP contribution >= 0.6 is 0 Å². The number of aromatic nitrogens is 1. The first-order valence-corrected chi connectivity index (χ1v) is 10.1. The van der Waals surface area contributed by atoms with Crippen LogP contribution in [0.1, 0.15) is 29.4 Å². The van der Waals surface area contributed by atoms with E-state index in [2.05, 4.69) is 0 Å². The first-order valence-electron chi connectivity index (χ1n) is 8.61. The van der Waals surface area contributed by atoms with Gasteiger partial charge in [-0.15, -0.1) is 0 Å². The lowest BCUT2D eigenvalue weighted by atomic mass is 10.2. The highest BCUT2D eigenvalue weighted by Gasteiger charge is 2.40. The molecule has 0 bridgehead atoms. The highest BCUT2D eigenvalue weighted by molar-refractivity contribution is 7.89. The van der Waals surface area contributed by atoms with Gasteiger partial charge in [-0.1, -0.05) is 0 Å². The third kappa shape index (κ3) is 5.56. The molecule has 0 saturated heterocycles. The second-order valence-electron chi connectivity index (χ2n) is 6.41. The average Bonchev–Trinajstić information content (AvgIpc) is 2.99. The lowest BCUT2D eigenvalue weighted by Crippen LogP contribution is -2.43. The Morgan fingerprint density at radius 1 is 1.19 bits per heavy atom. The fraction of sp³-hybridized carbons (Fsp3) is 0.353. The summed E-state index contributed by atoms with van der Waals surface area (Å²) in [6.45, 7) is -1.52. The molecule has 0 spiro atoms. The Bertz CT molecular complexity index is 1100. The van der Waals surface area contributed by atoms with Crippen LogP contribution in [0.2, 0.25) is 0 Å². The van der Waals surface area contributed by atoms with E-state index in [0.29, 0.717) is 29.8 Å². The number of carbonyl (C=O) groups is 1. The summed E-state index contributed by atoms with van der Waals surface area (Å²) in [5, 5.41) is 1.93. The largest absolute Gasteiger partial charge is 0.404 e. The van der Waals surface area contributed by atoms with Crippen molar-refractivity contribution in [3.8, 4) is 0 Å². The summed E-state index contributed by atoms with van der Waals surface area (Å²) < 4.78 is 131. The van der Waals surface area contributed by atoms with E-state index in [1.807, 2.05) is 5.32 Å². The summed E-state index contributed by atoms with van der Waals surface area (Å²) in [4.78, 5) is 11.1. The molecular weight excluding hydrogens is 478 g/mol. The molecule has 2 aromatic rings. The minimum Gasteiger partial charge on any atom is -0.337 e. The smallest absolute Gasteiger partial charge is 0.337 e. The molecule has 1 amide bonds. The normalized spacial score (nSPS) is 13.4. The third-order valence-electron chi connectivity index (χ3n) is 4.13. The lowest BCUT2D eigenvalue weighted by Gasteiger charge is -2.16. The summed E-state index contributed by atoms with van der Waals surface area (Å²) in [6.07, 6.45) is -7.83. The molecule has 0 radical (unpaired) electrons. The number of hydrogen-bond acceptors (Lipinski definition) is 3. The number of amides is 1. The molecule has 2 rings (SSSR count). The first kappa shape index (κ1) is 25.6. The molecule has 2 N–H and O–H groups in total. The minimum atomic E-state index is -5.14. The fourth-order valence-electron chi connectivity index (χ4n) is 2.53. The van der Waals surface area contributed by atoms with Crippen LogP contribution in [0.15, 0.2) is 29.3 Å². The zero-order chi connectivity index (χ0) is 24.4. The van der Waals surface area contributed by atoms with E-state index in [4.69, 9.17) is 0 Å². The number of sulfonamides is 1. The number of hydrogen-bond donors (Lipinski definition) is 2. The summed E-state index contributed by atoms with van der Waals surface area (Å²) in [6, 6.07) is -0.626. The monoisotopic (exact) mass is 493 g/mol. The predicted octanol–water partition coefficient (Wildman–Crippen LogP) is 4.15. The lowest BCUT2D eigenvalue weighted by molar-refractivity contribution is -0.147. The van der Waals surface area contributed by atoms with E-state index in [-0.39, 0.29) is 0 Å². The Labute approximate surface area is 176 Å². The Kier molecular flexibility index (Phi) is 7.55. The molecule has 0 saturated carbocycles. The highest BCUT2D eigenvalue weighted by atomic mass is 32.2. The maximum absolute atomic E-state index is 14.8. The first-order chi connectivity index (χ1) is 14.7. The zero-order valence-electron chi connectivity index (χ0n) is 16.0. The van der Waals surface area contributed by atoms with E-state index < -0.39 is 81.3 Å². The molecule has 0 unspecified atom stereocenters. The predicted molar refractivity (Wildman–Crippen MR) is 95.5 cm³/mol. The van der Waals surface area contributed by atoms with Gasteiger partial charge in [-0.05, 0) is 25.1 Å². The maximum atomic E-state index is 14.8. The van der Waals surface area contributed by atoms with Crippen LogP contribution in [0.4, 0.5) is 40.8 Å². The van der Waals surface area contributed by atoms with Crippen molar-refractivity contribution in [2.75, 3.05) is 12.0 Å². The Morgan fingerprint density at radius 2 is 1.81 bits per heavy atom. The number of aryl methyl sites for hydroxylation is 1. The van der Waals surface area contributed by atoms with Crippen LogP contribution in [-0.2, 0) is 16.6 Å². The summed E-state index contributed by atoms with van der Waals surface area (Å²) in [5.41, 5.74) is -2.60. The topological polar surface area (TPSA) is 80.2 Å². The van der Waals surface area contributed by atoms with Gasteiger partial charge in [-0.2, -0.15) is 17.9 Å². The van der Waals surface area contributed by atoms with Gasteiger partial charge in [0.25, 0.3) is 12.3 Å². The van der Waals surface area contributed by atoms with Gasteiger partial charge in [-0.3, -0.25) is 4.79 Å². The molecule has 178 valence electrons. The fourth-order valence-corrected chi connectivity index (χ4v) is 3.86. The van der Waals surface area contributed by atoms with E-state index in [9.17, 15) is 48.3 Å². The molecular formula is C17H15F8N3O3S. The van der Waals surface area contributed by atoms with Crippen LogP contribution in [0.5, 0.6) is 0 Å². The zero-order valence-corrected chi connectivity index (χ0v) is 16.8.